The van der Waals surface area contributed by atoms with Crippen molar-refractivity contribution < 1.29 is 19.4 Å². The van der Waals surface area contributed by atoms with Crippen molar-refractivity contribution in [3.63, 3.8) is 0 Å². The molecule has 0 aliphatic carbocycles. The fourth-order valence-corrected chi connectivity index (χ4v) is 3.60. The quantitative estimate of drug-likeness (QED) is 0.722. The molecule has 2 fully saturated rings. The van der Waals surface area contributed by atoms with E-state index in [-0.39, 0.29) is 25.7 Å². The molecule has 4 heterocycles. The fraction of sp³-hybridized carbons (Fsp3) is 0.647. The minimum Gasteiger partial charge on any atom is -0.467 e. The van der Waals surface area contributed by atoms with Gasteiger partial charge >= 0.3 is 0 Å². The molecule has 2 saturated heterocycles. The van der Waals surface area contributed by atoms with Crippen LogP contribution in [0.3, 0.4) is 0 Å². The summed E-state index contributed by atoms with van der Waals surface area (Å²) in [4.78, 5) is 16.5. The number of amides is 1. The van der Waals surface area contributed by atoms with Crippen LogP contribution in [0.2, 0.25) is 0 Å². The molecule has 0 bridgehead atoms. The zero-order valence-corrected chi connectivity index (χ0v) is 15.2. The van der Waals surface area contributed by atoms with E-state index >= 15 is 0 Å². The molecule has 146 valence electrons. The molecule has 0 aromatic carbocycles. The van der Waals surface area contributed by atoms with E-state index in [0.29, 0.717) is 31.2 Å². The molecule has 2 aromatic rings. The highest BCUT2D eigenvalue weighted by Crippen LogP contribution is 2.18. The van der Waals surface area contributed by atoms with Gasteiger partial charge in [0.2, 0.25) is 5.88 Å². The molecule has 27 heavy (non-hydrogen) atoms. The number of nitrogens with zero attached hydrogens (tertiary/aromatic N) is 6. The lowest BCUT2D eigenvalue weighted by Crippen LogP contribution is -2.53. The number of ether oxygens (including phenoxy) is 2. The van der Waals surface area contributed by atoms with Crippen molar-refractivity contribution in [2.24, 2.45) is 0 Å². The van der Waals surface area contributed by atoms with Gasteiger partial charge in [0.05, 0.1) is 19.8 Å². The van der Waals surface area contributed by atoms with Gasteiger partial charge in [-0.15, -0.1) is 15.3 Å². The van der Waals surface area contributed by atoms with E-state index in [1.54, 1.807) is 17.0 Å². The Hall–Kier alpha value is -2.30. The van der Waals surface area contributed by atoms with Gasteiger partial charge in [-0.3, -0.25) is 4.79 Å². The highest BCUT2D eigenvalue weighted by atomic mass is 16.5. The second-order valence-electron chi connectivity index (χ2n) is 7.17. The van der Waals surface area contributed by atoms with Crippen LogP contribution in [-0.2, 0) is 9.53 Å². The van der Waals surface area contributed by atoms with Crippen molar-refractivity contribution >= 4 is 11.6 Å². The van der Waals surface area contributed by atoms with Gasteiger partial charge < -0.3 is 24.4 Å². The molecule has 0 saturated carbocycles. The van der Waals surface area contributed by atoms with Crippen LogP contribution < -0.4 is 4.74 Å². The monoisotopic (exact) mass is 376 g/mol. The first-order valence-electron chi connectivity index (χ1n) is 9.21. The van der Waals surface area contributed by atoms with E-state index in [0.717, 1.165) is 25.9 Å². The summed E-state index contributed by atoms with van der Waals surface area (Å²) in [5.41, 5.74) is -0.457. The minimum absolute atomic E-state index is 0.152. The number of rotatable bonds is 5. The summed E-state index contributed by atoms with van der Waals surface area (Å²) in [6.45, 7) is 3.64. The molecule has 1 unspecified atom stereocenters. The van der Waals surface area contributed by atoms with Crippen LogP contribution >= 0.6 is 0 Å². The Kier molecular flexibility index (Phi) is 5.19. The summed E-state index contributed by atoms with van der Waals surface area (Å²) >= 11 is 0. The lowest BCUT2D eigenvalue weighted by atomic mass is 10.0. The third-order valence-electron chi connectivity index (χ3n) is 4.91. The van der Waals surface area contributed by atoms with Crippen LogP contribution in [0.15, 0.2) is 18.5 Å². The Morgan fingerprint density at radius 2 is 2.15 bits per heavy atom. The van der Waals surface area contributed by atoms with E-state index in [4.69, 9.17) is 9.47 Å². The van der Waals surface area contributed by atoms with E-state index in [2.05, 4.69) is 20.2 Å². The van der Waals surface area contributed by atoms with Crippen LogP contribution in [0.4, 0.5) is 0 Å². The first kappa shape index (κ1) is 18.1. The summed E-state index contributed by atoms with van der Waals surface area (Å²) < 4.78 is 12.6. The molecular weight excluding hydrogens is 352 g/mol. The van der Waals surface area contributed by atoms with Gasteiger partial charge in [0.25, 0.3) is 5.91 Å². The van der Waals surface area contributed by atoms with Gasteiger partial charge in [-0.2, -0.15) is 4.52 Å². The van der Waals surface area contributed by atoms with Gasteiger partial charge in [-0.05, 0) is 32.0 Å². The maximum atomic E-state index is 12.6. The molecule has 4 rings (SSSR count). The number of carbonyl (C=O) groups is 1. The largest absolute Gasteiger partial charge is 0.467 e. The average Bonchev–Trinajstić information content (AvgIpc) is 3.29. The number of fused-ring (bicyclic) bond motifs is 1. The molecule has 0 radical (unpaired) electrons. The average molecular weight is 376 g/mol. The second-order valence-corrected chi connectivity index (χ2v) is 7.17. The fourth-order valence-electron chi connectivity index (χ4n) is 3.60. The van der Waals surface area contributed by atoms with E-state index in [1.165, 1.54) is 10.8 Å². The highest BCUT2D eigenvalue weighted by molar-refractivity contribution is 5.77. The Balaban J connectivity index is 1.36. The molecule has 10 nitrogen and oxygen atoms in total. The summed E-state index contributed by atoms with van der Waals surface area (Å²) in [6, 6.07) is 3.36. The Labute approximate surface area is 156 Å². The third-order valence-corrected chi connectivity index (χ3v) is 4.91. The topological polar surface area (TPSA) is 105 Å². The smallest absolute Gasteiger partial charge is 0.260 e. The lowest BCUT2D eigenvalue weighted by molar-refractivity contribution is -0.136. The minimum atomic E-state index is -1.06. The Morgan fingerprint density at radius 1 is 1.30 bits per heavy atom. The van der Waals surface area contributed by atoms with E-state index in [1.807, 2.05) is 0 Å². The number of aromatic nitrogens is 4. The first-order chi connectivity index (χ1) is 13.1. The zero-order chi connectivity index (χ0) is 18.7. The summed E-state index contributed by atoms with van der Waals surface area (Å²) in [5.74, 6) is 0.111. The van der Waals surface area contributed by atoms with Gasteiger partial charge in [0.1, 0.15) is 11.9 Å². The molecule has 1 amide bonds. The van der Waals surface area contributed by atoms with E-state index in [9.17, 15) is 9.90 Å². The number of hydrogen-bond donors (Lipinski definition) is 1. The predicted molar refractivity (Wildman–Crippen MR) is 94.3 cm³/mol. The lowest BCUT2D eigenvalue weighted by Gasteiger charge is -2.33. The maximum Gasteiger partial charge on any atom is 0.260 e. The number of likely N-dealkylation sites (tertiary alicyclic amines) is 1. The van der Waals surface area contributed by atoms with Crippen LogP contribution in [0.5, 0.6) is 5.88 Å². The second kappa shape index (κ2) is 7.75. The van der Waals surface area contributed by atoms with Crippen molar-refractivity contribution in [2.45, 2.75) is 18.4 Å². The molecule has 1 N–H and O–H groups in total. The van der Waals surface area contributed by atoms with Crippen molar-refractivity contribution in [3.05, 3.63) is 18.5 Å². The van der Waals surface area contributed by atoms with Crippen molar-refractivity contribution in [2.75, 3.05) is 52.5 Å². The van der Waals surface area contributed by atoms with Gasteiger partial charge in [-0.1, -0.05) is 0 Å². The summed E-state index contributed by atoms with van der Waals surface area (Å²) in [7, 11) is 0. The molecular formula is C17H24N6O4. The Bertz CT molecular complexity index is 793. The van der Waals surface area contributed by atoms with Gasteiger partial charge in [-0.25, -0.2) is 0 Å². The first-order valence-corrected chi connectivity index (χ1v) is 9.21. The van der Waals surface area contributed by atoms with Crippen LogP contribution in [0, 0.1) is 0 Å². The third kappa shape index (κ3) is 4.34. The van der Waals surface area contributed by atoms with Crippen molar-refractivity contribution in [1.82, 2.24) is 29.6 Å². The molecule has 2 aliphatic heterocycles. The molecule has 2 aliphatic rings. The van der Waals surface area contributed by atoms with Crippen molar-refractivity contribution in [1.29, 1.82) is 0 Å². The summed E-state index contributed by atoms with van der Waals surface area (Å²) in [6.07, 6.45) is 3.77. The maximum absolute atomic E-state index is 12.6. The highest BCUT2D eigenvalue weighted by Gasteiger charge is 2.36. The van der Waals surface area contributed by atoms with Gasteiger partial charge in [0, 0.05) is 19.2 Å². The Morgan fingerprint density at radius 3 is 3.00 bits per heavy atom. The number of β-amino-alcohol motifs (C(OH)–C–C–N with tert-alkyl or cyclic N) is 1. The SMILES string of the molecule is O=C(COc1ccc2nncn2n1)N1CCOCC(O)(CN2CCCC2)C1. The molecule has 0 spiro atoms. The van der Waals surface area contributed by atoms with Crippen molar-refractivity contribution in [3.8, 4) is 5.88 Å². The molecule has 10 heteroatoms. The molecule has 1 atom stereocenters. The molecule has 2 aromatic heterocycles. The number of carbonyl (C=O) groups excluding carboxylic acids is 1. The van der Waals surface area contributed by atoms with Crippen LogP contribution in [0.25, 0.3) is 5.65 Å². The van der Waals surface area contributed by atoms with Crippen LogP contribution in [0.1, 0.15) is 12.8 Å². The summed E-state index contributed by atoms with van der Waals surface area (Å²) in [5, 5.41) is 22.8. The standard InChI is InChI=1S/C17H24N6O4/c24-16(9-27-15-4-3-14-19-18-13-23(14)20-15)22-7-8-26-12-17(25,11-22)10-21-5-1-2-6-21/h3-4,13,25H,1-2,5-12H2. The zero-order valence-electron chi connectivity index (χ0n) is 15.2. The number of aliphatic hydroxyl groups is 1. The van der Waals surface area contributed by atoms with Gasteiger partial charge in [0.15, 0.2) is 12.3 Å². The number of hydrogen-bond acceptors (Lipinski definition) is 8. The normalized spacial score (nSPS) is 24.3. The predicted octanol–water partition coefficient (Wildman–Crippen LogP) is -0.811. The van der Waals surface area contributed by atoms with Crippen LogP contribution in [-0.4, -0.2) is 98.8 Å². The van der Waals surface area contributed by atoms with E-state index < -0.39 is 5.60 Å².